The van der Waals surface area contributed by atoms with Gasteiger partial charge in [0.25, 0.3) is 0 Å². The molecule has 0 spiro atoms. The van der Waals surface area contributed by atoms with Crippen molar-refractivity contribution in [3.05, 3.63) is 39.5 Å². The number of hydrogen-bond donors (Lipinski definition) is 3. The van der Waals surface area contributed by atoms with Crippen LogP contribution >= 0.6 is 0 Å². The second-order valence-electron chi connectivity index (χ2n) is 2.86. The van der Waals surface area contributed by atoms with Crippen LogP contribution in [0.1, 0.15) is 11.3 Å². The van der Waals surface area contributed by atoms with Gasteiger partial charge in [-0.1, -0.05) is 0 Å². The number of carbonyl (C=O) groups excluding carboxylic acids is 1. The van der Waals surface area contributed by atoms with E-state index >= 15 is 0 Å². The summed E-state index contributed by atoms with van der Waals surface area (Å²) in [5.74, 6) is -1.35. The molecule has 1 aromatic heterocycles. The Morgan fingerprint density at radius 3 is 2.79 bits per heavy atom. The van der Waals surface area contributed by atoms with Crippen molar-refractivity contribution in [1.29, 1.82) is 5.41 Å². The number of rotatable bonds is 0. The van der Waals surface area contributed by atoms with Crippen LogP contribution in [-0.2, 0) is 4.79 Å². The van der Waals surface area contributed by atoms with Gasteiger partial charge in [0.05, 0.1) is 11.3 Å². The van der Waals surface area contributed by atoms with Gasteiger partial charge in [0.2, 0.25) is 5.78 Å². The van der Waals surface area contributed by atoms with Crippen molar-refractivity contribution in [2.24, 2.45) is 0 Å². The van der Waals surface area contributed by atoms with Crippen LogP contribution in [0.4, 0.5) is 0 Å². The monoisotopic (exact) mass is 190 g/mol. The van der Waals surface area contributed by atoms with Crippen LogP contribution in [0, 0.1) is 5.41 Å². The highest BCUT2D eigenvalue weighted by molar-refractivity contribution is 6.51. The number of carbonyl (C=O) groups is 1. The maximum Gasteiger partial charge on any atom is 0.247 e. The lowest BCUT2D eigenvalue weighted by molar-refractivity contribution is -0.111. The van der Waals surface area contributed by atoms with Crippen molar-refractivity contribution in [2.75, 3.05) is 0 Å². The molecular formula is C9H6N2O3. The van der Waals surface area contributed by atoms with E-state index in [2.05, 4.69) is 4.98 Å². The molecule has 0 aromatic carbocycles. The summed E-state index contributed by atoms with van der Waals surface area (Å²) in [5, 5.41) is 16.5. The second-order valence-corrected chi connectivity index (χ2v) is 2.86. The molecule has 14 heavy (non-hydrogen) atoms. The van der Waals surface area contributed by atoms with E-state index in [1.807, 2.05) is 0 Å². The zero-order valence-corrected chi connectivity index (χ0v) is 7.00. The van der Waals surface area contributed by atoms with E-state index < -0.39 is 17.3 Å². The van der Waals surface area contributed by atoms with Gasteiger partial charge in [-0.2, -0.15) is 0 Å². The molecule has 0 atom stereocenters. The van der Waals surface area contributed by atoms with Crippen LogP contribution in [0.2, 0.25) is 0 Å². The van der Waals surface area contributed by atoms with Crippen molar-refractivity contribution >= 4 is 17.6 Å². The van der Waals surface area contributed by atoms with E-state index in [0.29, 0.717) is 0 Å². The number of ketones is 1. The van der Waals surface area contributed by atoms with Gasteiger partial charge < -0.3 is 10.1 Å². The van der Waals surface area contributed by atoms with Crippen molar-refractivity contribution in [3.63, 3.8) is 0 Å². The van der Waals surface area contributed by atoms with Crippen molar-refractivity contribution in [2.45, 2.75) is 0 Å². The quantitative estimate of drug-likeness (QED) is 0.546. The smallest absolute Gasteiger partial charge is 0.247 e. The zero-order valence-electron chi connectivity index (χ0n) is 7.00. The molecule has 3 N–H and O–H groups in total. The second kappa shape index (κ2) is 2.66. The Labute approximate surface area is 78.2 Å². The SMILES string of the molecule is N=C1C(=O)C(O)=Cc2c1[nH]ccc2=O. The van der Waals surface area contributed by atoms with Crippen LogP contribution in [-0.4, -0.2) is 21.6 Å². The maximum atomic E-state index is 11.3. The average molecular weight is 190 g/mol. The zero-order chi connectivity index (χ0) is 10.3. The minimum absolute atomic E-state index is 0.148. The number of aromatic nitrogens is 1. The Bertz CT molecular complexity index is 525. The van der Waals surface area contributed by atoms with E-state index in [1.165, 1.54) is 12.3 Å². The highest BCUT2D eigenvalue weighted by atomic mass is 16.3. The Morgan fingerprint density at radius 1 is 1.36 bits per heavy atom. The van der Waals surface area contributed by atoms with Gasteiger partial charge >= 0.3 is 0 Å². The van der Waals surface area contributed by atoms with Crippen LogP contribution in [0.15, 0.2) is 22.8 Å². The normalized spacial score (nSPS) is 15.0. The number of Topliss-reactive ketones (excluding diaryl/α,β-unsaturated/α-hetero) is 1. The van der Waals surface area contributed by atoms with Gasteiger partial charge in [-0.05, 0) is 6.08 Å². The molecule has 0 saturated carbocycles. The molecule has 1 aliphatic rings. The largest absolute Gasteiger partial charge is 0.504 e. The molecule has 5 nitrogen and oxygen atoms in total. The molecule has 2 rings (SSSR count). The number of hydrogen-bond acceptors (Lipinski definition) is 4. The number of allylic oxidation sites excluding steroid dienone is 1. The summed E-state index contributed by atoms with van der Waals surface area (Å²) >= 11 is 0. The summed E-state index contributed by atoms with van der Waals surface area (Å²) < 4.78 is 0. The van der Waals surface area contributed by atoms with E-state index in [4.69, 9.17) is 10.5 Å². The lowest BCUT2D eigenvalue weighted by Gasteiger charge is -2.11. The molecule has 1 aliphatic carbocycles. The fourth-order valence-electron chi connectivity index (χ4n) is 1.29. The molecule has 0 amide bonds. The lowest BCUT2D eigenvalue weighted by atomic mass is 9.98. The van der Waals surface area contributed by atoms with E-state index in [-0.39, 0.29) is 16.7 Å². The molecule has 0 aliphatic heterocycles. The van der Waals surface area contributed by atoms with Crippen LogP contribution in [0.3, 0.4) is 0 Å². The van der Waals surface area contributed by atoms with E-state index in [9.17, 15) is 9.59 Å². The first-order valence-electron chi connectivity index (χ1n) is 3.87. The summed E-state index contributed by atoms with van der Waals surface area (Å²) in [6.45, 7) is 0. The third-order valence-corrected chi connectivity index (χ3v) is 1.99. The number of pyridine rings is 1. The van der Waals surface area contributed by atoms with E-state index in [1.54, 1.807) is 0 Å². The molecule has 1 aromatic rings. The van der Waals surface area contributed by atoms with Gasteiger partial charge in [0, 0.05) is 12.3 Å². The minimum Gasteiger partial charge on any atom is -0.504 e. The average Bonchev–Trinajstić information content (AvgIpc) is 2.17. The Morgan fingerprint density at radius 2 is 2.07 bits per heavy atom. The molecule has 0 radical (unpaired) electrons. The molecular weight excluding hydrogens is 184 g/mol. The third-order valence-electron chi connectivity index (χ3n) is 1.99. The molecule has 70 valence electrons. The van der Waals surface area contributed by atoms with Crippen molar-refractivity contribution < 1.29 is 9.90 Å². The number of aromatic amines is 1. The highest BCUT2D eigenvalue weighted by Gasteiger charge is 2.25. The van der Waals surface area contributed by atoms with Crippen molar-refractivity contribution in [3.8, 4) is 0 Å². The number of fused-ring (bicyclic) bond motifs is 1. The summed E-state index contributed by atoms with van der Waals surface area (Å²) in [7, 11) is 0. The van der Waals surface area contributed by atoms with Gasteiger partial charge in [0.15, 0.2) is 11.2 Å². The predicted octanol–water partition coefficient (Wildman–Crippen LogP) is 0.224. The first kappa shape index (κ1) is 8.43. The van der Waals surface area contributed by atoms with Crippen LogP contribution < -0.4 is 5.43 Å². The van der Waals surface area contributed by atoms with Crippen molar-refractivity contribution in [1.82, 2.24) is 4.98 Å². The Hall–Kier alpha value is -2.17. The molecule has 1 heterocycles. The van der Waals surface area contributed by atoms with Gasteiger partial charge in [-0.15, -0.1) is 0 Å². The van der Waals surface area contributed by atoms with Crippen LogP contribution in [0.5, 0.6) is 0 Å². The minimum atomic E-state index is -0.778. The maximum absolute atomic E-state index is 11.3. The summed E-state index contributed by atoms with van der Waals surface area (Å²) in [6.07, 6.45) is 2.44. The summed E-state index contributed by atoms with van der Waals surface area (Å²) in [4.78, 5) is 25.0. The number of H-pyrrole nitrogens is 1. The van der Waals surface area contributed by atoms with Gasteiger partial charge in [0.1, 0.15) is 5.71 Å². The molecule has 0 saturated heterocycles. The number of nitrogens with one attached hydrogen (secondary N) is 2. The first-order valence-corrected chi connectivity index (χ1v) is 3.87. The standard InChI is InChI=1S/C9H6N2O3/c10-7-8-4(3-6(13)9(7)14)5(12)1-2-11-8/h1-3,10,13H,(H,11,12). The molecule has 0 unspecified atom stereocenters. The Kier molecular flexibility index (Phi) is 1.60. The molecule has 0 fully saturated rings. The number of aliphatic hydroxyl groups is 1. The fourth-order valence-corrected chi connectivity index (χ4v) is 1.29. The van der Waals surface area contributed by atoms with E-state index in [0.717, 1.165) is 6.08 Å². The summed E-state index contributed by atoms with van der Waals surface area (Å²) in [5.41, 5.74) is -0.421. The summed E-state index contributed by atoms with van der Waals surface area (Å²) in [6, 6.07) is 1.27. The highest BCUT2D eigenvalue weighted by Crippen LogP contribution is 2.14. The topological polar surface area (TPSA) is 94.0 Å². The molecule has 0 bridgehead atoms. The first-order chi connectivity index (χ1) is 6.61. The van der Waals surface area contributed by atoms with Crippen LogP contribution in [0.25, 0.3) is 6.08 Å². The third kappa shape index (κ3) is 0.990. The van der Waals surface area contributed by atoms with Gasteiger partial charge in [-0.25, -0.2) is 0 Å². The lowest BCUT2D eigenvalue weighted by Crippen LogP contribution is -2.26. The fraction of sp³-hybridized carbons (Fsp3) is 0. The predicted molar refractivity (Wildman–Crippen MR) is 49.5 cm³/mol. The van der Waals surface area contributed by atoms with Gasteiger partial charge in [-0.3, -0.25) is 15.0 Å². The number of aliphatic hydroxyl groups excluding tert-OH is 1. The Balaban J connectivity index is 2.82. The molecule has 5 heteroatoms.